The number of nitrogens with one attached hydrogen (secondary N) is 2. The fourth-order valence-electron chi connectivity index (χ4n) is 2.67. The molecular weight excluding hydrogens is 332 g/mol. The molecular formula is C18H24N6S. The lowest BCUT2D eigenvalue weighted by atomic mass is 9.92. The summed E-state index contributed by atoms with van der Waals surface area (Å²) < 4.78 is 0. The second-order valence-electron chi connectivity index (χ2n) is 5.98. The van der Waals surface area contributed by atoms with Crippen molar-refractivity contribution in [3.63, 3.8) is 0 Å². The van der Waals surface area contributed by atoms with Crippen molar-refractivity contribution >= 4 is 40.3 Å². The van der Waals surface area contributed by atoms with Gasteiger partial charge in [-0.25, -0.2) is 4.98 Å². The Hall–Kier alpha value is -2.54. The van der Waals surface area contributed by atoms with Crippen LogP contribution in [0.25, 0.3) is 21.9 Å². The number of aromatic nitrogens is 3. The summed E-state index contributed by atoms with van der Waals surface area (Å²) >= 11 is 1.75. The van der Waals surface area contributed by atoms with Gasteiger partial charge >= 0.3 is 0 Å². The first-order valence-electron chi connectivity index (χ1n) is 7.86. The first kappa shape index (κ1) is 18.8. The Kier molecular flexibility index (Phi) is 6.03. The lowest BCUT2D eigenvalue weighted by Crippen LogP contribution is -2.04. The molecule has 0 saturated heterocycles. The number of hydrogen-bond acceptors (Lipinski definition) is 6. The normalized spacial score (nSPS) is 10.6. The molecule has 7 heteroatoms. The third-order valence-electron chi connectivity index (χ3n) is 3.75. The van der Waals surface area contributed by atoms with Crippen molar-refractivity contribution in [1.82, 2.24) is 15.2 Å². The van der Waals surface area contributed by atoms with Gasteiger partial charge in [0.15, 0.2) is 0 Å². The van der Waals surface area contributed by atoms with Crippen LogP contribution in [0.4, 0.5) is 11.5 Å². The molecule has 0 amide bonds. The molecule has 0 atom stereocenters. The topological polar surface area (TPSA) is 117 Å². The van der Waals surface area contributed by atoms with Crippen molar-refractivity contribution in [3.05, 3.63) is 35.8 Å². The van der Waals surface area contributed by atoms with Crippen LogP contribution in [-0.2, 0) is 0 Å². The highest BCUT2D eigenvalue weighted by Crippen LogP contribution is 2.38. The van der Waals surface area contributed by atoms with E-state index >= 15 is 0 Å². The van der Waals surface area contributed by atoms with Gasteiger partial charge in [0, 0.05) is 40.2 Å². The van der Waals surface area contributed by atoms with Crippen molar-refractivity contribution in [2.75, 3.05) is 24.0 Å². The molecule has 132 valence electrons. The summed E-state index contributed by atoms with van der Waals surface area (Å²) in [6, 6.07) is 3.68. The second-order valence-corrected chi connectivity index (χ2v) is 6.79. The predicted molar refractivity (Wildman–Crippen MR) is 110 cm³/mol. The molecule has 0 radical (unpaired) electrons. The first-order chi connectivity index (χ1) is 11.9. The largest absolute Gasteiger partial charge is 0.398 e. The summed E-state index contributed by atoms with van der Waals surface area (Å²) in [6.45, 7) is 4.15. The van der Waals surface area contributed by atoms with Gasteiger partial charge in [-0.1, -0.05) is 13.8 Å². The number of benzene rings is 1. The van der Waals surface area contributed by atoms with Crippen molar-refractivity contribution in [1.29, 1.82) is 5.41 Å². The zero-order valence-corrected chi connectivity index (χ0v) is 15.7. The standard InChI is InChI=1S/C16H18N6.C2H6S/c1-8(2)15-14(10-6-20-21-7-10)11-3-9(5-17)13(18)4-12(11)16(19)22-15;1-3-2/h3-8,17H,18H2,1-2H3,(H2,19,22)(H,20,21);1-2H3. The van der Waals surface area contributed by atoms with Crippen LogP contribution in [0.2, 0.25) is 0 Å². The molecule has 6 N–H and O–H groups in total. The zero-order valence-electron chi connectivity index (χ0n) is 14.9. The SMILES string of the molecule is CC(C)c1nc(N)c2cc(N)c(C=N)cc2c1-c1cn[nH]c1.CSC. The summed E-state index contributed by atoms with van der Waals surface area (Å²) in [5, 5.41) is 16.1. The van der Waals surface area contributed by atoms with E-state index in [0.29, 0.717) is 17.1 Å². The number of nitrogen functional groups attached to an aromatic ring is 2. The van der Waals surface area contributed by atoms with Gasteiger partial charge in [-0.15, -0.1) is 0 Å². The summed E-state index contributed by atoms with van der Waals surface area (Å²) in [5.74, 6) is 0.659. The molecule has 1 aromatic carbocycles. The average molecular weight is 356 g/mol. The van der Waals surface area contributed by atoms with Gasteiger partial charge in [-0.2, -0.15) is 16.9 Å². The van der Waals surface area contributed by atoms with Crippen LogP contribution in [0.15, 0.2) is 24.5 Å². The quantitative estimate of drug-likeness (QED) is 0.419. The van der Waals surface area contributed by atoms with E-state index in [9.17, 15) is 0 Å². The van der Waals surface area contributed by atoms with Crippen LogP contribution in [0.3, 0.4) is 0 Å². The van der Waals surface area contributed by atoms with E-state index in [-0.39, 0.29) is 5.92 Å². The van der Waals surface area contributed by atoms with E-state index in [2.05, 4.69) is 29.0 Å². The van der Waals surface area contributed by atoms with Gasteiger partial charge in [0.25, 0.3) is 0 Å². The van der Waals surface area contributed by atoms with E-state index in [1.807, 2.05) is 24.8 Å². The molecule has 0 aliphatic rings. The number of anilines is 2. The second kappa shape index (κ2) is 8.02. The predicted octanol–water partition coefficient (Wildman–Crippen LogP) is 3.89. The molecule has 0 saturated carbocycles. The number of rotatable bonds is 3. The van der Waals surface area contributed by atoms with Crippen molar-refractivity contribution < 1.29 is 0 Å². The Morgan fingerprint density at radius 2 is 1.88 bits per heavy atom. The molecule has 0 bridgehead atoms. The fourth-order valence-corrected chi connectivity index (χ4v) is 2.67. The van der Waals surface area contributed by atoms with Gasteiger partial charge in [0.05, 0.1) is 11.9 Å². The molecule has 2 heterocycles. The monoisotopic (exact) mass is 356 g/mol. The lowest BCUT2D eigenvalue weighted by Gasteiger charge is -2.16. The van der Waals surface area contributed by atoms with E-state index in [4.69, 9.17) is 16.9 Å². The first-order valence-corrected chi connectivity index (χ1v) is 9.50. The van der Waals surface area contributed by atoms with Crippen LogP contribution < -0.4 is 11.5 Å². The minimum absolute atomic E-state index is 0.206. The number of fused-ring (bicyclic) bond motifs is 1. The molecule has 0 spiro atoms. The van der Waals surface area contributed by atoms with Gasteiger partial charge in [0.1, 0.15) is 5.82 Å². The number of nitrogens with zero attached hydrogens (tertiary/aromatic N) is 2. The summed E-state index contributed by atoms with van der Waals surface area (Å²) in [6.07, 6.45) is 8.93. The van der Waals surface area contributed by atoms with Crippen LogP contribution in [0.5, 0.6) is 0 Å². The summed E-state index contributed by atoms with van der Waals surface area (Å²) in [4.78, 5) is 4.58. The lowest BCUT2D eigenvalue weighted by molar-refractivity contribution is 0.831. The van der Waals surface area contributed by atoms with Crippen molar-refractivity contribution in [3.8, 4) is 11.1 Å². The van der Waals surface area contributed by atoms with Gasteiger partial charge in [-0.3, -0.25) is 5.10 Å². The minimum atomic E-state index is 0.206. The Morgan fingerprint density at radius 3 is 2.40 bits per heavy atom. The fraction of sp³-hybridized carbons (Fsp3) is 0.278. The molecule has 25 heavy (non-hydrogen) atoms. The molecule has 0 aliphatic heterocycles. The maximum Gasteiger partial charge on any atom is 0.131 e. The Morgan fingerprint density at radius 1 is 1.20 bits per heavy atom. The molecule has 3 rings (SSSR count). The molecule has 2 aromatic heterocycles. The highest BCUT2D eigenvalue weighted by atomic mass is 32.2. The van der Waals surface area contributed by atoms with Gasteiger partial charge < -0.3 is 16.9 Å². The Bertz CT molecular complexity index is 871. The van der Waals surface area contributed by atoms with E-state index in [1.54, 1.807) is 24.0 Å². The zero-order chi connectivity index (χ0) is 18.6. The Balaban J connectivity index is 0.000000701. The van der Waals surface area contributed by atoms with Gasteiger partial charge in [-0.05, 0) is 35.9 Å². The van der Waals surface area contributed by atoms with E-state index < -0.39 is 0 Å². The van der Waals surface area contributed by atoms with E-state index in [1.165, 1.54) is 6.21 Å². The van der Waals surface area contributed by atoms with Crippen LogP contribution in [0, 0.1) is 5.41 Å². The highest BCUT2D eigenvalue weighted by Gasteiger charge is 2.18. The number of nitrogens with two attached hydrogens (primary N) is 2. The van der Waals surface area contributed by atoms with Gasteiger partial charge in [0.2, 0.25) is 0 Å². The number of hydrogen-bond donors (Lipinski definition) is 4. The number of H-pyrrole nitrogens is 1. The summed E-state index contributed by atoms with van der Waals surface area (Å²) in [5.41, 5.74) is 16.1. The molecule has 0 aliphatic carbocycles. The summed E-state index contributed by atoms with van der Waals surface area (Å²) in [7, 11) is 0. The maximum atomic E-state index is 7.53. The van der Waals surface area contributed by atoms with Crippen LogP contribution in [-0.4, -0.2) is 33.9 Å². The molecule has 0 fully saturated rings. The van der Waals surface area contributed by atoms with Crippen molar-refractivity contribution in [2.24, 2.45) is 0 Å². The van der Waals surface area contributed by atoms with Crippen LogP contribution in [0.1, 0.15) is 31.0 Å². The Labute approximate surface area is 151 Å². The average Bonchev–Trinajstić information content (AvgIpc) is 3.09. The van der Waals surface area contributed by atoms with E-state index in [0.717, 1.165) is 27.6 Å². The smallest absolute Gasteiger partial charge is 0.131 e. The minimum Gasteiger partial charge on any atom is -0.398 e. The number of aromatic amines is 1. The van der Waals surface area contributed by atoms with Crippen LogP contribution >= 0.6 is 11.8 Å². The molecule has 3 aromatic rings. The highest BCUT2D eigenvalue weighted by molar-refractivity contribution is 7.97. The van der Waals surface area contributed by atoms with Crippen molar-refractivity contribution in [2.45, 2.75) is 19.8 Å². The third-order valence-corrected chi connectivity index (χ3v) is 3.75. The maximum absolute atomic E-state index is 7.53. The third kappa shape index (κ3) is 3.76. The number of pyridine rings is 1. The molecule has 0 unspecified atom stereocenters. The number of thioether (sulfide) groups is 1. The molecule has 6 nitrogen and oxygen atoms in total.